The van der Waals surface area contributed by atoms with Crippen LogP contribution >= 0.6 is 0 Å². The topological polar surface area (TPSA) is 9.23 Å². The van der Waals surface area contributed by atoms with Gasteiger partial charge in [-0.3, -0.25) is 0 Å². The van der Waals surface area contributed by atoms with Crippen molar-refractivity contribution in [2.45, 2.75) is 97.5 Å². The Kier molecular flexibility index (Phi) is 7.26. The van der Waals surface area contributed by atoms with Crippen molar-refractivity contribution >= 4 is 0 Å². The molecule has 8 unspecified atom stereocenters. The van der Waals surface area contributed by atoms with Gasteiger partial charge in [-0.25, -0.2) is 0 Å². The van der Waals surface area contributed by atoms with Gasteiger partial charge in [0.15, 0.2) is 0 Å². The van der Waals surface area contributed by atoms with Crippen LogP contribution in [0.3, 0.4) is 0 Å². The average Bonchev–Trinajstić information content (AvgIpc) is 3.16. The Labute approximate surface area is 180 Å². The molecular formula is C28H46O. The summed E-state index contributed by atoms with van der Waals surface area (Å²) in [5.74, 6) is 7.82. The second kappa shape index (κ2) is 9.71. The van der Waals surface area contributed by atoms with Gasteiger partial charge in [0, 0.05) is 0 Å². The van der Waals surface area contributed by atoms with E-state index in [0.29, 0.717) is 6.10 Å². The van der Waals surface area contributed by atoms with E-state index in [1.165, 1.54) is 70.6 Å². The Morgan fingerprint density at radius 2 is 1.76 bits per heavy atom. The fourth-order valence-corrected chi connectivity index (χ4v) is 8.05. The molecule has 29 heavy (non-hydrogen) atoms. The summed E-state index contributed by atoms with van der Waals surface area (Å²) >= 11 is 0. The molecule has 0 aromatic carbocycles. The molecule has 0 amide bonds. The molecule has 0 saturated heterocycles. The number of hydrogen-bond acceptors (Lipinski definition) is 1. The van der Waals surface area contributed by atoms with Crippen molar-refractivity contribution < 1.29 is 4.74 Å². The van der Waals surface area contributed by atoms with Crippen molar-refractivity contribution in [3.8, 4) is 0 Å². The molecule has 0 aliphatic heterocycles. The lowest BCUT2D eigenvalue weighted by Crippen LogP contribution is -2.42. The SMILES string of the molecule is C=CCOC1CCC2C(=CCC3C2CCC2C(C(C)CCCC(C)C)CCC23)C1. The molecule has 1 heteroatoms. The molecule has 0 aromatic heterocycles. The molecular weight excluding hydrogens is 352 g/mol. The molecule has 1 nitrogen and oxygen atoms in total. The van der Waals surface area contributed by atoms with E-state index in [1.807, 2.05) is 6.08 Å². The van der Waals surface area contributed by atoms with Gasteiger partial charge in [0.25, 0.3) is 0 Å². The first-order chi connectivity index (χ1) is 14.1. The monoisotopic (exact) mass is 398 g/mol. The highest BCUT2D eigenvalue weighted by molar-refractivity contribution is 5.19. The van der Waals surface area contributed by atoms with Gasteiger partial charge in [0.1, 0.15) is 0 Å². The van der Waals surface area contributed by atoms with Gasteiger partial charge in [-0.15, -0.1) is 6.58 Å². The number of rotatable bonds is 8. The summed E-state index contributed by atoms with van der Waals surface area (Å²) in [6.45, 7) is 11.9. The molecule has 4 rings (SSSR count). The average molecular weight is 399 g/mol. The Balaban J connectivity index is 1.36. The van der Waals surface area contributed by atoms with Gasteiger partial charge in [-0.1, -0.05) is 57.8 Å². The number of hydrogen-bond donors (Lipinski definition) is 0. The van der Waals surface area contributed by atoms with Crippen molar-refractivity contribution in [1.29, 1.82) is 0 Å². The Bertz CT molecular complexity index is 575. The second-order valence-electron chi connectivity index (χ2n) is 11.4. The zero-order valence-corrected chi connectivity index (χ0v) is 19.5. The number of allylic oxidation sites excluding steroid dienone is 1. The lowest BCUT2D eigenvalue weighted by atomic mass is 9.56. The smallest absolute Gasteiger partial charge is 0.0648 e. The summed E-state index contributed by atoms with van der Waals surface area (Å²) in [6, 6.07) is 0. The van der Waals surface area contributed by atoms with Crippen LogP contribution in [-0.4, -0.2) is 12.7 Å². The van der Waals surface area contributed by atoms with Crippen molar-refractivity contribution in [1.82, 2.24) is 0 Å². The second-order valence-corrected chi connectivity index (χ2v) is 11.4. The lowest BCUT2D eigenvalue weighted by Gasteiger charge is -2.50. The normalized spacial score (nSPS) is 40.0. The first-order valence-corrected chi connectivity index (χ1v) is 13.0. The summed E-state index contributed by atoms with van der Waals surface area (Å²) < 4.78 is 6.01. The minimum atomic E-state index is 0.450. The van der Waals surface area contributed by atoms with E-state index < -0.39 is 0 Å². The van der Waals surface area contributed by atoms with Crippen LogP contribution in [0.25, 0.3) is 0 Å². The largest absolute Gasteiger partial charge is 0.374 e. The van der Waals surface area contributed by atoms with Gasteiger partial charge in [-0.05, 0) is 98.7 Å². The highest BCUT2D eigenvalue weighted by Gasteiger charge is 2.50. The highest BCUT2D eigenvalue weighted by Crippen LogP contribution is 2.59. The van der Waals surface area contributed by atoms with E-state index in [-0.39, 0.29) is 0 Å². The van der Waals surface area contributed by atoms with Crippen LogP contribution in [0.4, 0.5) is 0 Å². The molecule has 0 N–H and O–H groups in total. The molecule has 0 radical (unpaired) electrons. The van der Waals surface area contributed by atoms with Crippen molar-refractivity contribution in [3.63, 3.8) is 0 Å². The predicted molar refractivity (Wildman–Crippen MR) is 124 cm³/mol. The van der Waals surface area contributed by atoms with Crippen molar-refractivity contribution in [2.75, 3.05) is 6.61 Å². The maximum absolute atomic E-state index is 6.01. The van der Waals surface area contributed by atoms with Crippen LogP contribution in [-0.2, 0) is 4.74 Å². The first kappa shape index (κ1) is 21.7. The van der Waals surface area contributed by atoms with E-state index in [0.717, 1.165) is 54.0 Å². The molecule has 8 atom stereocenters. The summed E-state index contributed by atoms with van der Waals surface area (Å²) in [5, 5.41) is 0. The fraction of sp³-hybridized carbons (Fsp3) is 0.857. The third-order valence-electron chi connectivity index (χ3n) is 9.40. The van der Waals surface area contributed by atoms with Crippen molar-refractivity contribution in [3.05, 3.63) is 24.3 Å². The quantitative estimate of drug-likeness (QED) is 0.379. The molecule has 4 aliphatic rings. The van der Waals surface area contributed by atoms with Crippen LogP contribution in [0.5, 0.6) is 0 Å². The van der Waals surface area contributed by atoms with Gasteiger partial charge in [0.05, 0.1) is 12.7 Å². The minimum absolute atomic E-state index is 0.450. The van der Waals surface area contributed by atoms with Gasteiger partial charge >= 0.3 is 0 Å². The highest BCUT2D eigenvalue weighted by atomic mass is 16.5. The Morgan fingerprint density at radius 3 is 2.55 bits per heavy atom. The molecule has 0 heterocycles. The summed E-state index contributed by atoms with van der Waals surface area (Å²) in [6.07, 6.45) is 20.7. The van der Waals surface area contributed by atoms with Crippen LogP contribution in [0, 0.1) is 47.3 Å². The third kappa shape index (κ3) is 4.70. The van der Waals surface area contributed by atoms with E-state index in [1.54, 1.807) is 5.57 Å². The molecule has 0 spiro atoms. The minimum Gasteiger partial charge on any atom is -0.374 e. The third-order valence-corrected chi connectivity index (χ3v) is 9.40. The van der Waals surface area contributed by atoms with E-state index in [2.05, 4.69) is 33.4 Å². The molecule has 3 saturated carbocycles. The molecule has 0 bridgehead atoms. The zero-order valence-electron chi connectivity index (χ0n) is 19.5. The summed E-state index contributed by atoms with van der Waals surface area (Å²) in [5.41, 5.74) is 1.77. The maximum atomic E-state index is 6.01. The summed E-state index contributed by atoms with van der Waals surface area (Å²) in [7, 11) is 0. The van der Waals surface area contributed by atoms with Gasteiger partial charge in [-0.2, -0.15) is 0 Å². The Hall–Kier alpha value is -0.560. The van der Waals surface area contributed by atoms with Crippen molar-refractivity contribution in [2.24, 2.45) is 47.3 Å². The first-order valence-electron chi connectivity index (χ1n) is 13.0. The van der Waals surface area contributed by atoms with Crippen LogP contribution in [0.15, 0.2) is 24.3 Å². The van der Waals surface area contributed by atoms with E-state index in [4.69, 9.17) is 4.74 Å². The molecule has 4 aliphatic carbocycles. The lowest BCUT2D eigenvalue weighted by molar-refractivity contribution is 0.00993. The predicted octanol–water partition coefficient (Wildman–Crippen LogP) is 7.82. The fourth-order valence-electron chi connectivity index (χ4n) is 8.05. The van der Waals surface area contributed by atoms with Crippen LogP contribution < -0.4 is 0 Å². The number of ether oxygens (including phenoxy) is 1. The summed E-state index contributed by atoms with van der Waals surface area (Å²) in [4.78, 5) is 0. The van der Waals surface area contributed by atoms with Crippen LogP contribution in [0.1, 0.15) is 91.4 Å². The maximum Gasteiger partial charge on any atom is 0.0648 e. The zero-order chi connectivity index (χ0) is 20.4. The van der Waals surface area contributed by atoms with E-state index >= 15 is 0 Å². The molecule has 0 aromatic rings. The van der Waals surface area contributed by atoms with Gasteiger partial charge < -0.3 is 4.74 Å². The molecule has 164 valence electrons. The van der Waals surface area contributed by atoms with Crippen LogP contribution in [0.2, 0.25) is 0 Å². The Morgan fingerprint density at radius 1 is 0.966 bits per heavy atom. The molecule has 3 fully saturated rings. The van der Waals surface area contributed by atoms with E-state index in [9.17, 15) is 0 Å². The number of fused-ring (bicyclic) bond motifs is 5. The standard InChI is InChI=1S/C28H46O/c1-5-17-29-22-10-12-24-21(18-22)9-11-27-26(24)16-15-25-23(13-14-28(25)27)20(4)8-6-7-19(2)3/h5,9,19-20,22-28H,1,6-8,10-18H2,2-4H3. The van der Waals surface area contributed by atoms with Gasteiger partial charge in [0.2, 0.25) is 0 Å².